The molecule has 102 valence electrons. The van der Waals surface area contributed by atoms with Gasteiger partial charge in [0.2, 0.25) is 0 Å². The van der Waals surface area contributed by atoms with Crippen LogP contribution in [-0.4, -0.2) is 12.1 Å². The quantitative estimate of drug-likeness (QED) is 0.734. The molecule has 0 aromatic rings. The fraction of sp³-hybridized carbons (Fsp3) is 0.667. The van der Waals surface area contributed by atoms with Gasteiger partial charge in [0.15, 0.2) is 0 Å². The van der Waals surface area contributed by atoms with Crippen LogP contribution in [0.1, 0.15) is 64.2 Å². The molecule has 2 fully saturated rings. The Bertz CT molecular complexity index is 435. The predicted molar refractivity (Wildman–Crippen MR) is 81.7 cm³/mol. The summed E-state index contributed by atoms with van der Waals surface area (Å²) in [6, 6.07) is 8.75. The van der Waals surface area contributed by atoms with Crippen LogP contribution in [0.2, 0.25) is 0 Å². The number of rotatable bonds is 3. The summed E-state index contributed by atoms with van der Waals surface area (Å²) in [6.07, 6.45) is 14.4. The molecule has 0 atom stereocenters. The summed E-state index contributed by atoms with van der Waals surface area (Å²) in [7, 11) is 0. The van der Waals surface area contributed by atoms with E-state index in [1.165, 1.54) is 69.8 Å². The molecule has 19 heavy (non-hydrogen) atoms. The Morgan fingerprint density at radius 3 is 1.74 bits per heavy atom. The first-order valence-electron chi connectivity index (χ1n) is 8.36. The molecular weight excluding hydrogens is 230 g/mol. The fourth-order valence-corrected chi connectivity index (χ4v) is 4.37. The van der Waals surface area contributed by atoms with Crippen molar-refractivity contribution < 1.29 is 0 Å². The van der Waals surface area contributed by atoms with Crippen molar-refractivity contribution in [2.45, 2.75) is 76.3 Å². The highest BCUT2D eigenvalue weighted by atomic mass is 15.2. The summed E-state index contributed by atoms with van der Waals surface area (Å²) in [5.41, 5.74) is 4.65. The lowest BCUT2D eigenvalue weighted by molar-refractivity contribution is 0.340. The van der Waals surface area contributed by atoms with Crippen molar-refractivity contribution in [1.29, 1.82) is 0 Å². The zero-order chi connectivity index (χ0) is 12.7. The first-order chi connectivity index (χ1) is 9.43. The van der Waals surface area contributed by atoms with Crippen LogP contribution >= 0.6 is 0 Å². The molecule has 4 aliphatic rings. The Labute approximate surface area is 117 Å². The maximum Gasteiger partial charge on any atom is 0.0451 e. The van der Waals surface area contributed by atoms with Gasteiger partial charge < -0.3 is 4.90 Å². The molecule has 0 aromatic heterocycles. The number of hydrogen-bond donors (Lipinski definition) is 0. The molecular formula is C18H25N. The average Bonchev–Trinajstić information content (AvgIpc) is 3.16. The van der Waals surface area contributed by atoms with E-state index in [-0.39, 0.29) is 0 Å². The second kappa shape index (κ2) is 4.85. The molecule has 0 spiro atoms. The largest absolute Gasteiger partial charge is 0.365 e. The summed E-state index contributed by atoms with van der Waals surface area (Å²) in [6.45, 7) is 0. The highest BCUT2D eigenvalue weighted by Gasteiger charge is 2.32. The van der Waals surface area contributed by atoms with Crippen molar-refractivity contribution in [2.24, 2.45) is 0 Å². The standard InChI is InChI=1S/C18H25N/c1-3-7-15(8-4-1)19(16-9-5-2-6-10-16)18-12-11-14-13-17(14)18/h11-13,15-16H,1-10H2. The molecule has 0 radical (unpaired) electrons. The predicted octanol–water partition coefficient (Wildman–Crippen LogP) is 5.14. The van der Waals surface area contributed by atoms with Crippen LogP contribution in [0.4, 0.5) is 5.69 Å². The third-order valence-electron chi connectivity index (χ3n) is 5.44. The summed E-state index contributed by atoms with van der Waals surface area (Å²) >= 11 is 0. The van der Waals surface area contributed by atoms with Crippen molar-refractivity contribution in [3.63, 3.8) is 0 Å². The van der Waals surface area contributed by atoms with Gasteiger partial charge in [0.25, 0.3) is 0 Å². The van der Waals surface area contributed by atoms with Gasteiger partial charge in [-0.15, -0.1) is 0 Å². The molecule has 0 aliphatic heterocycles. The van der Waals surface area contributed by atoms with Crippen molar-refractivity contribution in [3.05, 3.63) is 18.2 Å². The van der Waals surface area contributed by atoms with E-state index in [0.717, 1.165) is 12.1 Å². The molecule has 0 saturated heterocycles. The molecule has 4 rings (SSSR count). The van der Waals surface area contributed by atoms with E-state index in [4.69, 9.17) is 0 Å². The molecule has 1 heteroatoms. The summed E-state index contributed by atoms with van der Waals surface area (Å²) < 4.78 is 0. The Morgan fingerprint density at radius 2 is 1.32 bits per heavy atom. The normalized spacial score (nSPS) is 23.4. The molecule has 0 N–H and O–H groups in total. The summed E-state index contributed by atoms with van der Waals surface area (Å²) in [5, 5.41) is 0. The second-order valence-corrected chi connectivity index (χ2v) is 6.72. The Balaban J connectivity index is 1.60. The van der Waals surface area contributed by atoms with Gasteiger partial charge in [-0.05, 0) is 43.4 Å². The first-order valence-corrected chi connectivity index (χ1v) is 8.36. The highest BCUT2D eigenvalue weighted by molar-refractivity contribution is 5.93. The molecule has 1 nitrogen and oxygen atoms in total. The van der Waals surface area contributed by atoms with Gasteiger partial charge in [-0.25, -0.2) is 0 Å². The number of anilines is 1. The topological polar surface area (TPSA) is 3.24 Å². The zero-order valence-electron chi connectivity index (χ0n) is 11.9. The third-order valence-corrected chi connectivity index (χ3v) is 5.44. The number of nitrogens with zero attached hydrogens (tertiary/aromatic N) is 1. The van der Waals surface area contributed by atoms with Gasteiger partial charge in [0.1, 0.15) is 0 Å². The van der Waals surface area contributed by atoms with Crippen LogP contribution in [0, 0.1) is 0 Å². The smallest absolute Gasteiger partial charge is 0.0451 e. The van der Waals surface area contributed by atoms with Crippen molar-refractivity contribution in [1.82, 2.24) is 0 Å². The van der Waals surface area contributed by atoms with Crippen LogP contribution in [0.3, 0.4) is 0 Å². The zero-order valence-corrected chi connectivity index (χ0v) is 11.9. The molecule has 0 bridgehead atoms. The van der Waals surface area contributed by atoms with E-state index in [9.17, 15) is 0 Å². The van der Waals surface area contributed by atoms with Gasteiger partial charge in [0.05, 0.1) is 0 Å². The van der Waals surface area contributed by atoms with Crippen molar-refractivity contribution in [2.75, 3.05) is 4.90 Å². The fourth-order valence-electron chi connectivity index (χ4n) is 4.37. The van der Waals surface area contributed by atoms with Gasteiger partial charge in [0, 0.05) is 23.3 Å². The van der Waals surface area contributed by atoms with Crippen LogP contribution in [0.5, 0.6) is 0 Å². The maximum atomic E-state index is 2.86. The van der Waals surface area contributed by atoms with E-state index < -0.39 is 0 Å². The van der Waals surface area contributed by atoms with Crippen LogP contribution in [0.25, 0.3) is 11.1 Å². The minimum atomic E-state index is 0.831. The number of fused-ring (bicyclic) bond motifs is 1. The monoisotopic (exact) mass is 255 g/mol. The molecule has 0 aromatic carbocycles. The summed E-state index contributed by atoms with van der Waals surface area (Å²) in [4.78, 5) is 2.86. The van der Waals surface area contributed by atoms with Crippen molar-refractivity contribution in [3.8, 4) is 11.1 Å². The van der Waals surface area contributed by atoms with Crippen molar-refractivity contribution >= 4 is 5.69 Å². The molecule has 0 heterocycles. The van der Waals surface area contributed by atoms with Crippen LogP contribution < -0.4 is 4.90 Å². The number of hydrogen-bond acceptors (Lipinski definition) is 1. The van der Waals surface area contributed by atoms with E-state index in [0.29, 0.717) is 0 Å². The van der Waals surface area contributed by atoms with E-state index in [1.54, 1.807) is 11.3 Å². The number of benzene rings is 1. The Hall–Kier alpha value is -0.980. The van der Waals surface area contributed by atoms with Crippen LogP contribution in [-0.2, 0) is 0 Å². The molecule has 0 amide bonds. The Kier molecular flexibility index (Phi) is 3.01. The molecule has 4 aliphatic carbocycles. The van der Waals surface area contributed by atoms with E-state index in [2.05, 4.69) is 23.1 Å². The van der Waals surface area contributed by atoms with Gasteiger partial charge in [-0.2, -0.15) is 0 Å². The highest BCUT2D eigenvalue weighted by Crippen LogP contribution is 2.47. The van der Waals surface area contributed by atoms with Gasteiger partial charge >= 0.3 is 0 Å². The lowest BCUT2D eigenvalue weighted by Crippen LogP contribution is -2.45. The molecule has 0 unspecified atom stereocenters. The average molecular weight is 255 g/mol. The minimum absolute atomic E-state index is 0.831. The third kappa shape index (κ3) is 2.17. The second-order valence-electron chi connectivity index (χ2n) is 6.72. The lowest BCUT2D eigenvalue weighted by atomic mass is 9.88. The SMILES string of the molecule is c1cc(N(C2CCCCC2)C2CCCCC2)c2cc1-2. The minimum Gasteiger partial charge on any atom is -0.365 e. The van der Waals surface area contributed by atoms with Gasteiger partial charge in [-0.1, -0.05) is 44.6 Å². The van der Waals surface area contributed by atoms with Gasteiger partial charge in [-0.3, -0.25) is 0 Å². The molecule has 2 saturated carbocycles. The lowest BCUT2D eigenvalue weighted by Gasteiger charge is -2.43. The van der Waals surface area contributed by atoms with E-state index >= 15 is 0 Å². The summed E-state index contributed by atoms with van der Waals surface area (Å²) in [5.74, 6) is 0. The maximum absolute atomic E-state index is 2.86. The van der Waals surface area contributed by atoms with Crippen LogP contribution in [0.15, 0.2) is 18.2 Å². The Morgan fingerprint density at radius 1 is 0.737 bits per heavy atom. The first kappa shape index (κ1) is 11.8. The van der Waals surface area contributed by atoms with E-state index in [1.807, 2.05) is 0 Å².